The topological polar surface area (TPSA) is 8.17 Å². The summed E-state index contributed by atoms with van der Waals surface area (Å²) in [6.45, 7) is 15.5. The number of terminal acetylenes is 1. The molecule has 0 aliphatic carbocycles. The van der Waals surface area contributed by atoms with Crippen LogP contribution in [0, 0.1) is 25.2 Å². The molecule has 0 saturated carbocycles. The van der Waals surface area contributed by atoms with E-state index in [2.05, 4.69) is 60.6 Å². The van der Waals surface area contributed by atoms with Crippen molar-refractivity contribution in [3.05, 3.63) is 53.9 Å². The molecule has 1 aliphatic rings. The molecule has 1 unspecified atom stereocenters. The Labute approximate surface area is 145 Å². The van der Waals surface area contributed by atoms with Crippen LogP contribution in [0.1, 0.15) is 36.6 Å². The smallest absolute Gasteiger partial charge is 0.0928 e. The van der Waals surface area contributed by atoms with Gasteiger partial charge in [-0.05, 0) is 55.9 Å². The highest BCUT2D eigenvalue weighted by Gasteiger charge is 2.22. The molecule has 2 heteroatoms. The van der Waals surface area contributed by atoms with Gasteiger partial charge in [-0.15, -0.1) is 6.42 Å². The summed E-state index contributed by atoms with van der Waals surface area (Å²) in [6, 6.07) is 6.47. The van der Waals surface area contributed by atoms with Gasteiger partial charge in [0.2, 0.25) is 0 Å². The van der Waals surface area contributed by atoms with E-state index >= 15 is 0 Å². The maximum absolute atomic E-state index is 5.80. The highest BCUT2D eigenvalue weighted by Crippen LogP contribution is 2.30. The second kappa shape index (κ2) is 6.61. The Morgan fingerprint density at radius 1 is 1.42 bits per heavy atom. The first-order chi connectivity index (χ1) is 11.6. The van der Waals surface area contributed by atoms with Gasteiger partial charge in [0.1, 0.15) is 0 Å². The largest absolute Gasteiger partial charge is 0.375 e. The van der Waals surface area contributed by atoms with E-state index in [1.165, 1.54) is 34.1 Å². The van der Waals surface area contributed by atoms with E-state index in [1.54, 1.807) is 0 Å². The molecule has 1 aliphatic heterocycles. The van der Waals surface area contributed by atoms with Gasteiger partial charge in [-0.25, -0.2) is 0 Å². The number of likely N-dealkylation sites (tertiary alicyclic amines) is 1. The quantitative estimate of drug-likeness (QED) is 0.734. The fourth-order valence-corrected chi connectivity index (χ4v) is 3.85. The Bertz CT molecular complexity index is 832. The number of benzene rings is 1. The lowest BCUT2D eigenvalue weighted by Gasteiger charge is -2.35. The highest BCUT2D eigenvalue weighted by atomic mass is 15.1. The minimum Gasteiger partial charge on any atom is -0.375 e. The monoisotopic (exact) mass is 318 g/mol. The number of rotatable bonds is 4. The maximum atomic E-state index is 5.80. The number of hydrogen-bond acceptors (Lipinski definition) is 1. The van der Waals surface area contributed by atoms with Gasteiger partial charge < -0.3 is 9.47 Å². The van der Waals surface area contributed by atoms with Crippen LogP contribution in [-0.2, 0) is 6.54 Å². The van der Waals surface area contributed by atoms with Gasteiger partial charge >= 0.3 is 0 Å². The summed E-state index contributed by atoms with van der Waals surface area (Å²) >= 11 is 0. The van der Waals surface area contributed by atoms with Crippen LogP contribution in [0.2, 0.25) is 0 Å². The van der Waals surface area contributed by atoms with Crippen molar-refractivity contribution in [3.63, 3.8) is 0 Å². The van der Waals surface area contributed by atoms with E-state index in [1.807, 2.05) is 6.08 Å². The molecule has 1 aromatic heterocycles. The molecule has 0 amide bonds. The fourth-order valence-electron chi connectivity index (χ4n) is 3.85. The standard InChI is InChI=1S/C22H26N2/c1-6-19-11-12-22-21(17(19)5)13-20(7-2)24(22)15-18-10-9-16(4)23(8-3)14-18/h2,6,11-13,18H,1,4,8-10,14-15H2,3,5H3. The predicted molar refractivity (Wildman–Crippen MR) is 104 cm³/mol. The number of allylic oxidation sites excluding steroid dienone is 1. The SMILES string of the molecule is C#Cc1cc2c(C)c(C=C)ccc2n1CC1CCC(=C)N(CC)C1. The number of aryl methyl sites for hydroxylation is 1. The van der Waals surface area contributed by atoms with Crippen molar-refractivity contribution >= 4 is 17.0 Å². The van der Waals surface area contributed by atoms with E-state index in [9.17, 15) is 0 Å². The number of piperidine rings is 1. The third-order valence-corrected chi connectivity index (χ3v) is 5.35. The number of fused-ring (bicyclic) bond motifs is 1. The first-order valence-electron chi connectivity index (χ1n) is 8.73. The zero-order valence-electron chi connectivity index (χ0n) is 14.8. The summed E-state index contributed by atoms with van der Waals surface area (Å²) in [5.74, 6) is 3.49. The van der Waals surface area contributed by atoms with Crippen molar-refractivity contribution in [2.75, 3.05) is 13.1 Å². The van der Waals surface area contributed by atoms with Gasteiger partial charge in [0.25, 0.3) is 0 Å². The third kappa shape index (κ3) is 2.76. The van der Waals surface area contributed by atoms with Gasteiger partial charge in [-0.1, -0.05) is 31.2 Å². The van der Waals surface area contributed by atoms with Crippen molar-refractivity contribution in [1.29, 1.82) is 0 Å². The second-order valence-corrected chi connectivity index (χ2v) is 6.71. The molecule has 2 heterocycles. The minimum atomic E-state index is 0.609. The molecule has 0 bridgehead atoms. The summed E-state index contributed by atoms with van der Waals surface area (Å²) in [5, 5.41) is 1.24. The molecule has 124 valence electrons. The van der Waals surface area contributed by atoms with Crippen LogP contribution in [0.4, 0.5) is 0 Å². The molecule has 1 atom stereocenters. The van der Waals surface area contributed by atoms with Crippen LogP contribution in [0.25, 0.3) is 17.0 Å². The van der Waals surface area contributed by atoms with Crippen LogP contribution < -0.4 is 0 Å². The number of nitrogens with zero attached hydrogens (tertiary/aromatic N) is 2. The van der Waals surface area contributed by atoms with E-state index in [4.69, 9.17) is 6.42 Å². The summed E-state index contributed by atoms with van der Waals surface area (Å²) in [5.41, 5.74) is 5.91. The molecule has 3 rings (SSSR count). The lowest BCUT2D eigenvalue weighted by molar-refractivity contribution is 0.219. The van der Waals surface area contributed by atoms with Crippen LogP contribution in [0.5, 0.6) is 0 Å². The van der Waals surface area contributed by atoms with E-state index in [-0.39, 0.29) is 0 Å². The average molecular weight is 318 g/mol. The molecule has 24 heavy (non-hydrogen) atoms. The zero-order chi connectivity index (χ0) is 17.3. The van der Waals surface area contributed by atoms with Crippen molar-refractivity contribution in [2.24, 2.45) is 5.92 Å². The minimum absolute atomic E-state index is 0.609. The summed E-state index contributed by atoms with van der Waals surface area (Å²) in [4.78, 5) is 2.40. The van der Waals surface area contributed by atoms with Crippen molar-refractivity contribution in [2.45, 2.75) is 33.2 Å². The first kappa shape index (κ1) is 16.5. The van der Waals surface area contributed by atoms with E-state index < -0.39 is 0 Å². The van der Waals surface area contributed by atoms with Crippen molar-refractivity contribution in [1.82, 2.24) is 9.47 Å². The van der Waals surface area contributed by atoms with E-state index in [0.717, 1.165) is 31.7 Å². The molecule has 2 nitrogen and oxygen atoms in total. The lowest BCUT2D eigenvalue weighted by atomic mass is 9.96. The Hall–Kier alpha value is -2.40. The number of hydrogen-bond donors (Lipinski definition) is 0. The molecule has 2 aromatic rings. The Morgan fingerprint density at radius 2 is 2.21 bits per heavy atom. The van der Waals surface area contributed by atoms with Gasteiger partial charge in [0.15, 0.2) is 0 Å². The Morgan fingerprint density at radius 3 is 2.88 bits per heavy atom. The zero-order valence-corrected chi connectivity index (χ0v) is 14.8. The summed E-state index contributed by atoms with van der Waals surface area (Å²) < 4.78 is 2.32. The first-order valence-corrected chi connectivity index (χ1v) is 8.73. The maximum Gasteiger partial charge on any atom is 0.0928 e. The van der Waals surface area contributed by atoms with E-state index in [0.29, 0.717) is 5.92 Å². The fraction of sp³-hybridized carbons (Fsp3) is 0.364. The van der Waals surface area contributed by atoms with Gasteiger partial charge in [-0.2, -0.15) is 0 Å². The second-order valence-electron chi connectivity index (χ2n) is 6.71. The molecule has 1 aromatic carbocycles. The Balaban J connectivity index is 1.97. The summed E-state index contributed by atoms with van der Waals surface area (Å²) in [6.07, 6.45) is 9.98. The molecular weight excluding hydrogens is 292 g/mol. The van der Waals surface area contributed by atoms with Crippen molar-refractivity contribution < 1.29 is 0 Å². The molecule has 0 N–H and O–H groups in total. The van der Waals surface area contributed by atoms with Gasteiger partial charge in [0.05, 0.1) is 5.69 Å². The van der Waals surface area contributed by atoms with Crippen LogP contribution in [-0.4, -0.2) is 22.6 Å². The summed E-state index contributed by atoms with van der Waals surface area (Å²) in [7, 11) is 0. The molecule has 0 radical (unpaired) electrons. The molecule has 1 fully saturated rings. The highest BCUT2D eigenvalue weighted by molar-refractivity contribution is 5.88. The van der Waals surface area contributed by atoms with Crippen molar-refractivity contribution in [3.8, 4) is 12.3 Å². The third-order valence-electron chi connectivity index (χ3n) is 5.35. The molecular formula is C22H26N2. The predicted octanol–water partition coefficient (Wildman–Crippen LogP) is 4.82. The Kier molecular flexibility index (Phi) is 4.53. The van der Waals surface area contributed by atoms with Crippen LogP contribution in [0.15, 0.2) is 37.1 Å². The average Bonchev–Trinajstić information content (AvgIpc) is 2.95. The normalized spacial score (nSPS) is 18.0. The molecule has 0 spiro atoms. The van der Waals surface area contributed by atoms with Crippen LogP contribution in [0.3, 0.4) is 0 Å². The molecule has 1 saturated heterocycles. The van der Waals surface area contributed by atoms with Gasteiger partial charge in [-0.3, -0.25) is 0 Å². The lowest BCUT2D eigenvalue weighted by Crippen LogP contribution is -2.35. The van der Waals surface area contributed by atoms with Gasteiger partial charge in [0, 0.05) is 36.2 Å². The number of aromatic nitrogens is 1. The van der Waals surface area contributed by atoms with Crippen LogP contribution >= 0.6 is 0 Å².